The molecule has 0 radical (unpaired) electrons. The number of aromatic nitrogens is 1. The maximum Gasteiger partial charge on any atom is 0.0702 e. The number of hydrogen-bond donors (Lipinski definition) is 1. The van der Waals surface area contributed by atoms with Crippen LogP contribution < -0.4 is 5.32 Å². The van der Waals surface area contributed by atoms with Crippen molar-refractivity contribution in [1.29, 1.82) is 0 Å². The fourth-order valence-electron chi connectivity index (χ4n) is 2.74. The number of fused-ring (bicyclic) bond motifs is 1. The van der Waals surface area contributed by atoms with Crippen LogP contribution in [0.15, 0.2) is 46.4 Å². The molecule has 0 bridgehead atoms. The van der Waals surface area contributed by atoms with E-state index in [-0.39, 0.29) is 0 Å². The largest absolute Gasteiger partial charge is 0.342 e. The summed E-state index contributed by atoms with van der Waals surface area (Å²) in [6.45, 7) is 1.92. The summed E-state index contributed by atoms with van der Waals surface area (Å²) in [6, 6.07) is 13.8. The van der Waals surface area contributed by atoms with Gasteiger partial charge in [-0.1, -0.05) is 18.2 Å². The van der Waals surface area contributed by atoms with Crippen molar-refractivity contribution in [2.45, 2.75) is 32.0 Å². The summed E-state index contributed by atoms with van der Waals surface area (Å²) in [7, 11) is 0. The van der Waals surface area contributed by atoms with Crippen molar-refractivity contribution in [2.24, 2.45) is 0 Å². The first-order valence-corrected chi connectivity index (χ1v) is 8.95. The number of thiophene rings is 1. The molecule has 1 fully saturated rings. The summed E-state index contributed by atoms with van der Waals surface area (Å²) in [6.07, 6.45) is 4.98. The van der Waals surface area contributed by atoms with Gasteiger partial charge in [0.2, 0.25) is 0 Å². The minimum Gasteiger partial charge on any atom is -0.342 e. The molecule has 0 aliphatic heterocycles. The summed E-state index contributed by atoms with van der Waals surface area (Å²) in [5.74, 6) is 0. The Labute approximate surface area is 136 Å². The van der Waals surface area contributed by atoms with Gasteiger partial charge >= 0.3 is 0 Å². The zero-order chi connectivity index (χ0) is 14.2. The van der Waals surface area contributed by atoms with Crippen molar-refractivity contribution < 1.29 is 0 Å². The molecule has 21 heavy (non-hydrogen) atoms. The van der Waals surface area contributed by atoms with Gasteiger partial charge < -0.3 is 9.88 Å². The zero-order valence-electron chi connectivity index (χ0n) is 11.7. The number of para-hydroxylation sites is 1. The van der Waals surface area contributed by atoms with Crippen LogP contribution in [-0.4, -0.2) is 10.6 Å². The second-order valence-electron chi connectivity index (χ2n) is 5.66. The Hall–Kier alpha value is -1.10. The molecular weight excluding hydrogens is 344 g/mol. The molecule has 108 valence electrons. The van der Waals surface area contributed by atoms with Crippen LogP contribution in [0.4, 0.5) is 0 Å². The molecular formula is C17H17BrN2S. The fourth-order valence-corrected chi connectivity index (χ4v) is 4.22. The summed E-state index contributed by atoms with van der Waals surface area (Å²) in [4.78, 5) is 1.38. The second-order valence-corrected chi connectivity index (χ2v) is 8.21. The Kier molecular flexibility index (Phi) is 3.61. The number of nitrogens with zero attached hydrogens (tertiary/aromatic N) is 1. The van der Waals surface area contributed by atoms with E-state index in [0.717, 1.165) is 19.1 Å². The highest BCUT2D eigenvalue weighted by molar-refractivity contribution is 9.11. The monoisotopic (exact) mass is 360 g/mol. The molecule has 0 saturated heterocycles. The van der Waals surface area contributed by atoms with Crippen molar-refractivity contribution in [3.8, 4) is 0 Å². The number of nitrogens with one attached hydrogen (secondary N) is 1. The minimum atomic E-state index is 0.750. The molecule has 1 aliphatic rings. The lowest BCUT2D eigenvalue weighted by Crippen LogP contribution is -2.14. The number of halogens is 1. The molecule has 2 aromatic heterocycles. The SMILES string of the molecule is Brc1ccc(Cn2cc(CNC3CC3)c3ccccc32)s1. The van der Waals surface area contributed by atoms with Crippen LogP contribution in [0, 0.1) is 0 Å². The van der Waals surface area contributed by atoms with Gasteiger partial charge in [0.05, 0.1) is 10.3 Å². The van der Waals surface area contributed by atoms with Crippen LogP contribution in [-0.2, 0) is 13.1 Å². The predicted octanol–water partition coefficient (Wildman–Crippen LogP) is 4.77. The maximum absolute atomic E-state index is 3.63. The van der Waals surface area contributed by atoms with E-state index in [0.29, 0.717) is 0 Å². The quantitative estimate of drug-likeness (QED) is 0.693. The van der Waals surface area contributed by atoms with Gasteiger partial charge in [0, 0.05) is 34.6 Å². The van der Waals surface area contributed by atoms with Gasteiger partial charge in [-0.25, -0.2) is 0 Å². The molecule has 0 atom stereocenters. The van der Waals surface area contributed by atoms with Gasteiger partial charge in [-0.2, -0.15) is 0 Å². The van der Waals surface area contributed by atoms with E-state index in [1.807, 2.05) is 11.3 Å². The molecule has 1 aliphatic carbocycles. The number of hydrogen-bond acceptors (Lipinski definition) is 2. The first-order valence-electron chi connectivity index (χ1n) is 7.34. The highest BCUT2D eigenvalue weighted by atomic mass is 79.9. The molecule has 0 amide bonds. The van der Waals surface area contributed by atoms with Crippen LogP contribution in [0.3, 0.4) is 0 Å². The van der Waals surface area contributed by atoms with E-state index in [4.69, 9.17) is 0 Å². The average molecular weight is 361 g/mol. The Bertz CT molecular complexity index is 770. The molecule has 1 saturated carbocycles. The Balaban J connectivity index is 1.66. The first-order chi connectivity index (χ1) is 10.3. The Morgan fingerprint density at radius 1 is 1.19 bits per heavy atom. The first kappa shape index (κ1) is 13.6. The molecule has 1 N–H and O–H groups in total. The molecule has 2 heterocycles. The van der Waals surface area contributed by atoms with Crippen molar-refractivity contribution >= 4 is 38.2 Å². The van der Waals surface area contributed by atoms with E-state index >= 15 is 0 Å². The topological polar surface area (TPSA) is 17.0 Å². The fraction of sp³-hybridized carbons (Fsp3) is 0.294. The van der Waals surface area contributed by atoms with Crippen LogP contribution in [0.1, 0.15) is 23.3 Å². The van der Waals surface area contributed by atoms with Gasteiger partial charge in [0.15, 0.2) is 0 Å². The van der Waals surface area contributed by atoms with Crippen molar-refractivity contribution in [1.82, 2.24) is 9.88 Å². The number of rotatable bonds is 5. The van der Waals surface area contributed by atoms with E-state index in [1.54, 1.807) is 0 Å². The van der Waals surface area contributed by atoms with Crippen molar-refractivity contribution in [2.75, 3.05) is 0 Å². The summed E-state index contributed by atoms with van der Waals surface area (Å²) in [5, 5.41) is 5.00. The summed E-state index contributed by atoms with van der Waals surface area (Å²) in [5.41, 5.74) is 2.74. The third-order valence-corrected chi connectivity index (χ3v) is 5.59. The Morgan fingerprint density at radius 2 is 2.05 bits per heavy atom. The molecule has 2 nitrogen and oxygen atoms in total. The van der Waals surface area contributed by atoms with Crippen LogP contribution in [0.2, 0.25) is 0 Å². The van der Waals surface area contributed by atoms with Crippen molar-refractivity contribution in [3.63, 3.8) is 0 Å². The lowest BCUT2D eigenvalue weighted by molar-refractivity contribution is 0.687. The molecule has 3 aromatic rings. The third kappa shape index (κ3) is 2.93. The number of benzene rings is 1. The van der Waals surface area contributed by atoms with Gasteiger partial charge in [0.25, 0.3) is 0 Å². The average Bonchev–Trinajstić information content (AvgIpc) is 3.15. The van der Waals surface area contributed by atoms with Gasteiger partial charge in [0.1, 0.15) is 0 Å². The van der Waals surface area contributed by atoms with E-state index in [2.05, 4.69) is 68.4 Å². The van der Waals surface area contributed by atoms with Crippen LogP contribution in [0.5, 0.6) is 0 Å². The summed E-state index contributed by atoms with van der Waals surface area (Å²) >= 11 is 5.36. The molecule has 4 heteroatoms. The van der Waals surface area contributed by atoms with Crippen molar-refractivity contribution in [3.05, 3.63) is 56.8 Å². The zero-order valence-corrected chi connectivity index (χ0v) is 14.1. The van der Waals surface area contributed by atoms with E-state index in [1.165, 1.54) is 38.0 Å². The normalized spacial score (nSPS) is 14.9. The lowest BCUT2D eigenvalue weighted by atomic mass is 10.2. The predicted molar refractivity (Wildman–Crippen MR) is 92.9 cm³/mol. The molecule has 1 aromatic carbocycles. The van der Waals surface area contributed by atoms with Crippen LogP contribution in [0.25, 0.3) is 10.9 Å². The van der Waals surface area contributed by atoms with Gasteiger partial charge in [-0.15, -0.1) is 11.3 Å². The molecule has 0 spiro atoms. The maximum atomic E-state index is 3.63. The highest BCUT2D eigenvalue weighted by Gasteiger charge is 2.20. The van der Waals surface area contributed by atoms with Gasteiger partial charge in [-0.05, 0) is 52.5 Å². The molecule has 0 unspecified atom stereocenters. The Morgan fingerprint density at radius 3 is 2.81 bits per heavy atom. The van der Waals surface area contributed by atoms with E-state index < -0.39 is 0 Å². The standard InChI is InChI=1S/C17H17BrN2S/c18-17-8-7-14(21-17)11-20-10-12(9-19-13-5-6-13)15-3-1-2-4-16(15)20/h1-4,7-8,10,13,19H,5-6,9,11H2. The highest BCUT2D eigenvalue weighted by Crippen LogP contribution is 2.27. The van der Waals surface area contributed by atoms with E-state index in [9.17, 15) is 0 Å². The summed E-state index contributed by atoms with van der Waals surface area (Å²) < 4.78 is 3.57. The lowest BCUT2D eigenvalue weighted by Gasteiger charge is -2.02. The second kappa shape index (κ2) is 5.59. The smallest absolute Gasteiger partial charge is 0.0702 e. The molecule has 4 rings (SSSR count). The van der Waals surface area contributed by atoms with Crippen LogP contribution >= 0.6 is 27.3 Å². The van der Waals surface area contributed by atoms with Gasteiger partial charge in [-0.3, -0.25) is 0 Å². The minimum absolute atomic E-state index is 0.750. The third-order valence-electron chi connectivity index (χ3n) is 3.98.